The maximum absolute atomic E-state index is 13.4. The minimum Gasteiger partial charge on any atom is -0.321 e. The average molecular weight is 334 g/mol. The van der Waals surface area contributed by atoms with Crippen molar-refractivity contribution in [2.75, 3.05) is 24.7 Å². The number of para-hydroxylation sites is 1. The monoisotopic (exact) mass is 334 g/mol. The molecule has 124 valence electrons. The van der Waals surface area contributed by atoms with Crippen molar-refractivity contribution >= 4 is 21.6 Å². The Labute approximate surface area is 129 Å². The van der Waals surface area contributed by atoms with Crippen LogP contribution in [0.3, 0.4) is 0 Å². The first-order valence-electron chi connectivity index (χ1n) is 6.80. The number of anilines is 1. The molecule has 0 saturated carbocycles. The van der Waals surface area contributed by atoms with Gasteiger partial charge >= 0.3 is 0 Å². The first kappa shape index (κ1) is 18.5. The van der Waals surface area contributed by atoms with Crippen LogP contribution >= 0.6 is 0 Å². The summed E-state index contributed by atoms with van der Waals surface area (Å²) >= 11 is 0. The number of amides is 1. The summed E-state index contributed by atoms with van der Waals surface area (Å²) in [4.78, 5) is 11.8. The fourth-order valence-corrected chi connectivity index (χ4v) is 2.84. The maximum Gasteiger partial charge on any atom is 0.225 e. The molecular formula is C14H20F2N2O3S. The van der Waals surface area contributed by atoms with Crippen molar-refractivity contribution in [1.29, 1.82) is 0 Å². The predicted molar refractivity (Wildman–Crippen MR) is 80.9 cm³/mol. The predicted octanol–water partition coefficient (Wildman–Crippen LogP) is 2.21. The van der Waals surface area contributed by atoms with Gasteiger partial charge in [-0.05, 0) is 18.1 Å². The van der Waals surface area contributed by atoms with E-state index in [0.29, 0.717) is 0 Å². The second-order valence-electron chi connectivity index (χ2n) is 5.41. The molecule has 1 rings (SSSR count). The molecule has 0 unspecified atom stereocenters. The molecule has 0 bridgehead atoms. The van der Waals surface area contributed by atoms with E-state index in [9.17, 15) is 22.0 Å². The number of benzene rings is 1. The number of nitrogens with one attached hydrogen (secondary N) is 1. The van der Waals surface area contributed by atoms with E-state index in [1.165, 1.54) is 10.4 Å². The van der Waals surface area contributed by atoms with Crippen molar-refractivity contribution in [1.82, 2.24) is 4.31 Å². The highest BCUT2D eigenvalue weighted by Gasteiger charge is 2.19. The van der Waals surface area contributed by atoms with Gasteiger partial charge in [0.25, 0.3) is 0 Å². The van der Waals surface area contributed by atoms with Crippen LogP contribution in [-0.2, 0) is 14.8 Å². The van der Waals surface area contributed by atoms with Gasteiger partial charge in [-0.3, -0.25) is 4.79 Å². The van der Waals surface area contributed by atoms with E-state index in [4.69, 9.17) is 0 Å². The highest BCUT2D eigenvalue weighted by molar-refractivity contribution is 7.88. The molecule has 0 aliphatic rings. The molecule has 0 aromatic heterocycles. The normalized spacial score (nSPS) is 12.0. The number of carbonyl (C=O) groups excluding carboxylic acids is 1. The summed E-state index contributed by atoms with van der Waals surface area (Å²) in [6.07, 6.45) is 0.872. The van der Waals surface area contributed by atoms with Crippen LogP contribution in [0.2, 0.25) is 0 Å². The summed E-state index contributed by atoms with van der Waals surface area (Å²) in [5.74, 6) is -2.31. The summed E-state index contributed by atoms with van der Waals surface area (Å²) in [5, 5.41) is 2.13. The largest absolute Gasteiger partial charge is 0.321 e. The Bertz CT molecular complexity index is 613. The highest BCUT2D eigenvalue weighted by atomic mass is 32.2. The van der Waals surface area contributed by atoms with E-state index in [-0.39, 0.29) is 25.4 Å². The summed E-state index contributed by atoms with van der Waals surface area (Å²) < 4.78 is 51.2. The van der Waals surface area contributed by atoms with E-state index >= 15 is 0 Å². The molecule has 0 atom stereocenters. The molecule has 0 aliphatic carbocycles. The molecule has 1 N–H and O–H groups in total. The summed E-state index contributed by atoms with van der Waals surface area (Å²) in [7, 11) is -3.44. The van der Waals surface area contributed by atoms with E-state index in [0.717, 1.165) is 18.4 Å². The van der Waals surface area contributed by atoms with Crippen LogP contribution in [-0.4, -0.2) is 38.0 Å². The number of hydrogen-bond acceptors (Lipinski definition) is 3. The first-order valence-corrected chi connectivity index (χ1v) is 8.65. The van der Waals surface area contributed by atoms with Gasteiger partial charge in [-0.2, -0.15) is 0 Å². The van der Waals surface area contributed by atoms with Gasteiger partial charge in [0.2, 0.25) is 15.9 Å². The van der Waals surface area contributed by atoms with Gasteiger partial charge in [0.15, 0.2) is 0 Å². The van der Waals surface area contributed by atoms with Gasteiger partial charge in [0.1, 0.15) is 17.3 Å². The lowest BCUT2D eigenvalue weighted by Gasteiger charge is -2.21. The standard InChI is InChI=1S/C14H20F2N2O3S/c1-10(2)9-18(22(3,20)21)8-7-13(19)17-14-11(15)5-4-6-12(14)16/h4-6,10H,7-9H2,1-3H3,(H,17,19). The molecule has 1 amide bonds. The molecule has 8 heteroatoms. The Hall–Kier alpha value is -1.54. The number of halogens is 2. The van der Waals surface area contributed by atoms with Gasteiger partial charge in [-0.1, -0.05) is 19.9 Å². The Morgan fingerprint density at radius 3 is 2.27 bits per heavy atom. The maximum atomic E-state index is 13.4. The molecular weight excluding hydrogens is 314 g/mol. The lowest BCUT2D eigenvalue weighted by Crippen LogP contribution is -2.35. The number of sulfonamides is 1. The van der Waals surface area contributed by atoms with Crippen molar-refractivity contribution < 1.29 is 22.0 Å². The van der Waals surface area contributed by atoms with Crippen LogP contribution in [0.15, 0.2) is 18.2 Å². The van der Waals surface area contributed by atoms with Crippen LogP contribution in [0.4, 0.5) is 14.5 Å². The SMILES string of the molecule is CC(C)CN(CCC(=O)Nc1c(F)cccc1F)S(C)(=O)=O. The molecule has 1 aromatic rings. The van der Waals surface area contributed by atoms with Crippen LogP contribution < -0.4 is 5.32 Å². The minimum atomic E-state index is -3.44. The molecule has 5 nitrogen and oxygen atoms in total. The van der Waals surface area contributed by atoms with Gasteiger partial charge in [-0.15, -0.1) is 0 Å². The van der Waals surface area contributed by atoms with E-state index in [1.807, 2.05) is 13.8 Å². The fourth-order valence-electron chi connectivity index (χ4n) is 1.85. The molecule has 0 radical (unpaired) electrons. The zero-order valence-electron chi connectivity index (χ0n) is 12.8. The molecule has 0 heterocycles. The van der Waals surface area contributed by atoms with E-state index in [2.05, 4.69) is 5.32 Å². The average Bonchev–Trinajstić information content (AvgIpc) is 2.37. The summed E-state index contributed by atoms with van der Waals surface area (Å²) in [6, 6.07) is 3.24. The zero-order valence-corrected chi connectivity index (χ0v) is 13.6. The first-order chi connectivity index (χ1) is 10.1. The lowest BCUT2D eigenvalue weighted by atomic mass is 10.2. The minimum absolute atomic E-state index is 0.0427. The van der Waals surface area contributed by atoms with Crippen molar-refractivity contribution in [3.8, 4) is 0 Å². The van der Waals surface area contributed by atoms with Crippen LogP contribution in [0.5, 0.6) is 0 Å². The molecule has 0 fully saturated rings. The molecule has 0 spiro atoms. The fraction of sp³-hybridized carbons (Fsp3) is 0.500. The van der Waals surface area contributed by atoms with Crippen LogP contribution in [0.25, 0.3) is 0 Å². The van der Waals surface area contributed by atoms with E-state index in [1.54, 1.807) is 0 Å². The highest BCUT2D eigenvalue weighted by Crippen LogP contribution is 2.18. The van der Waals surface area contributed by atoms with Crippen molar-refractivity contribution in [3.05, 3.63) is 29.8 Å². The Morgan fingerprint density at radius 2 is 1.82 bits per heavy atom. The number of hydrogen-bond donors (Lipinski definition) is 1. The Balaban J connectivity index is 2.68. The quantitative estimate of drug-likeness (QED) is 0.831. The number of carbonyl (C=O) groups is 1. The van der Waals surface area contributed by atoms with Crippen molar-refractivity contribution in [2.24, 2.45) is 5.92 Å². The molecule has 22 heavy (non-hydrogen) atoms. The van der Waals surface area contributed by atoms with Gasteiger partial charge in [0, 0.05) is 19.5 Å². The van der Waals surface area contributed by atoms with Gasteiger partial charge in [0.05, 0.1) is 6.26 Å². The molecule has 1 aromatic carbocycles. The number of rotatable bonds is 7. The van der Waals surface area contributed by atoms with Crippen molar-refractivity contribution in [2.45, 2.75) is 20.3 Å². The zero-order chi connectivity index (χ0) is 16.9. The summed E-state index contributed by atoms with van der Waals surface area (Å²) in [6.45, 7) is 3.94. The van der Waals surface area contributed by atoms with Crippen LogP contribution in [0.1, 0.15) is 20.3 Å². The lowest BCUT2D eigenvalue weighted by molar-refractivity contribution is -0.116. The Kier molecular flexibility index (Phi) is 6.43. The second kappa shape index (κ2) is 7.64. The second-order valence-corrected chi connectivity index (χ2v) is 7.39. The third-order valence-corrected chi connectivity index (χ3v) is 4.12. The molecule has 0 aliphatic heterocycles. The smallest absolute Gasteiger partial charge is 0.225 e. The molecule has 0 saturated heterocycles. The third-order valence-electron chi connectivity index (χ3n) is 2.85. The summed E-state index contributed by atoms with van der Waals surface area (Å²) in [5.41, 5.74) is -0.526. The van der Waals surface area contributed by atoms with Gasteiger partial charge < -0.3 is 5.32 Å². The van der Waals surface area contributed by atoms with Gasteiger partial charge in [-0.25, -0.2) is 21.5 Å². The van der Waals surface area contributed by atoms with E-state index < -0.39 is 33.3 Å². The topological polar surface area (TPSA) is 66.5 Å². The third kappa shape index (κ3) is 5.69. The van der Waals surface area contributed by atoms with Crippen molar-refractivity contribution in [3.63, 3.8) is 0 Å². The number of nitrogens with zero attached hydrogens (tertiary/aromatic N) is 1. The Morgan fingerprint density at radius 1 is 1.27 bits per heavy atom. The van der Waals surface area contributed by atoms with Crippen LogP contribution in [0, 0.1) is 17.6 Å².